The van der Waals surface area contributed by atoms with Gasteiger partial charge in [0.05, 0.1) is 6.61 Å². The number of ketones is 1. The maximum atomic E-state index is 12.3. The molecule has 1 fully saturated rings. The lowest BCUT2D eigenvalue weighted by molar-refractivity contribution is -0.175. The third-order valence-electron chi connectivity index (χ3n) is 3.35. The van der Waals surface area contributed by atoms with E-state index in [1.807, 2.05) is 13.8 Å². The van der Waals surface area contributed by atoms with Gasteiger partial charge in [0.2, 0.25) is 0 Å². The minimum Gasteiger partial charge on any atom is -0.465 e. The van der Waals surface area contributed by atoms with Crippen LogP contribution in [0.5, 0.6) is 0 Å². The number of carbonyl (C=O) groups excluding carboxylic acids is 2. The van der Waals surface area contributed by atoms with Crippen LogP contribution >= 0.6 is 0 Å². The molecule has 3 nitrogen and oxygen atoms in total. The molecule has 0 aromatic heterocycles. The van der Waals surface area contributed by atoms with Crippen LogP contribution < -0.4 is 0 Å². The van der Waals surface area contributed by atoms with Crippen molar-refractivity contribution in [3.8, 4) is 0 Å². The van der Waals surface area contributed by atoms with E-state index in [1.54, 1.807) is 6.92 Å². The molecule has 0 amide bonds. The zero-order valence-electron chi connectivity index (χ0n) is 11.6. The maximum absolute atomic E-state index is 12.3. The monoisotopic (exact) mass is 240 g/mol. The van der Waals surface area contributed by atoms with Crippen molar-refractivity contribution in [1.82, 2.24) is 0 Å². The third kappa shape index (κ3) is 2.88. The predicted molar refractivity (Wildman–Crippen MR) is 66.5 cm³/mol. The Morgan fingerprint density at radius 3 is 2.12 bits per heavy atom. The molecule has 0 bridgehead atoms. The Labute approximate surface area is 104 Å². The van der Waals surface area contributed by atoms with Gasteiger partial charge in [-0.3, -0.25) is 9.59 Å². The fourth-order valence-corrected chi connectivity index (χ4v) is 2.87. The average Bonchev–Trinajstić information content (AvgIpc) is 2.12. The molecule has 0 aliphatic heterocycles. The minimum absolute atomic E-state index is 0.0604. The topological polar surface area (TPSA) is 43.4 Å². The number of ether oxygens (including phenoxy) is 1. The highest BCUT2D eigenvalue weighted by Crippen LogP contribution is 2.56. The quantitative estimate of drug-likeness (QED) is 0.548. The summed E-state index contributed by atoms with van der Waals surface area (Å²) in [7, 11) is 0. The van der Waals surface area contributed by atoms with Gasteiger partial charge in [-0.05, 0) is 31.1 Å². The molecule has 0 saturated heterocycles. The zero-order valence-corrected chi connectivity index (χ0v) is 11.6. The summed E-state index contributed by atoms with van der Waals surface area (Å²) < 4.78 is 5.09. The first-order valence-corrected chi connectivity index (χ1v) is 6.44. The van der Waals surface area contributed by atoms with Gasteiger partial charge in [-0.25, -0.2) is 0 Å². The van der Waals surface area contributed by atoms with Gasteiger partial charge < -0.3 is 4.74 Å². The van der Waals surface area contributed by atoms with Gasteiger partial charge in [-0.15, -0.1) is 0 Å². The lowest BCUT2D eigenvalue weighted by Gasteiger charge is -2.50. The van der Waals surface area contributed by atoms with Crippen LogP contribution in [-0.4, -0.2) is 18.4 Å². The van der Waals surface area contributed by atoms with Gasteiger partial charge in [-0.1, -0.05) is 27.7 Å². The van der Waals surface area contributed by atoms with Crippen molar-refractivity contribution < 1.29 is 14.3 Å². The molecule has 0 heterocycles. The molecule has 1 saturated carbocycles. The molecule has 0 aromatic carbocycles. The Morgan fingerprint density at radius 1 is 1.24 bits per heavy atom. The lowest BCUT2D eigenvalue weighted by Crippen LogP contribution is -2.54. The second kappa shape index (κ2) is 4.79. The van der Waals surface area contributed by atoms with Crippen molar-refractivity contribution in [1.29, 1.82) is 0 Å². The second-order valence-corrected chi connectivity index (χ2v) is 6.34. The maximum Gasteiger partial charge on any atom is 0.319 e. The number of esters is 1. The van der Waals surface area contributed by atoms with Crippen LogP contribution in [0.25, 0.3) is 0 Å². The zero-order chi connectivity index (χ0) is 13.3. The van der Waals surface area contributed by atoms with E-state index in [9.17, 15) is 9.59 Å². The van der Waals surface area contributed by atoms with E-state index < -0.39 is 5.41 Å². The molecule has 0 N–H and O–H groups in total. The predicted octanol–water partition coefficient (Wildman–Crippen LogP) is 2.97. The first-order chi connectivity index (χ1) is 7.73. The van der Waals surface area contributed by atoms with E-state index in [0.29, 0.717) is 25.9 Å². The van der Waals surface area contributed by atoms with Crippen molar-refractivity contribution >= 4 is 11.8 Å². The van der Waals surface area contributed by atoms with Crippen LogP contribution in [0.3, 0.4) is 0 Å². The van der Waals surface area contributed by atoms with Crippen LogP contribution in [0.2, 0.25) is 0 Å². The van der Waals surface area contributed by atoms with Gasteiger partial charge >= 0.3 is 5.97 Å². The van der Waals surface area contributed by atoms with Crippen LogP contribution in [0.4, 0.5) is 0 Å². The standard InChI is InChI=1S/C14H24O3/c1-6-17-12(16)14(8-13(4,5)9-14)11(15)7-10(2)3/h10H,6-9H2,1-5H3. The van der Waals surface area contributed by atoms with Crippen molar-refractivity contribution in [2.45, 2.75) is 53.9 Å². The summed E-state index contributed by atoms with van der Waals surface area (Å²) in [6.45, 7) is 10.3. The SMILES string of the molecule is CCOC(=O)C1(C(=O)CC(C)C)CC(C)(C)C1. The number of hydrogen-bond acceptors (Lipinski definition) is 3. The highest BCUT2D eigenvalue weighted by molar-refractivity contribution is 6.05. The summed E-state index contributed by atoms with van der Waals surface area (Å²) in [5.41, 5.74) is -0.761. The smallest absolute Gasteiger partial charge is 0.319 e. The molecular weight excluding hydrogens is 216 g/mol. The first-order valence-electron chi connectivity index (χ1n) is 6.44. The summed E-state index contributed by atoms with van der Waals surface area (Å²) in [6, 6.07) is 0. The molecule has 1 aliphatic carbocycles. The molecule has 0 spiro atoms. The van der Waals surface area contributed by atoms with Crippen molar-refractivity contribution in [3.63, 3.8) is 0 Å². The van der Waals surface area contributed by atoms with Crippen LogP contribution in [0, 0.1) is 16.7 Å². The molecule has 0 unspecified atom stereocenters. The van der Waals surface area contributed by atoms with E-state index >= 15 is 0 Å². The largest absolute Gasteiger partial charge is 0.465 e. The van der Waals surface area contributed by atoms with Gasteiger partial charge in [0.15, 0.2) is 0 Å². The van der Waals surface area contributed by atoms with E-state index in [2.05, 4.69) is 13.8 Å². The number of hydrogen-bond donors (Lipinski definition) is 0. The van der Waals surface area contributed by atoms with Gasteiger partial charge in [0.1, 0.15) is 11.2 Å². The summed E-state index contributed by atoms with van der Waals surface area (Å²) in [5, 5.41) is 0. The molecular formula is C14H24O3. The second-order valence-electron chi connectivity index (χ2n) is 6.34. The third-order valence-corrected chi connectivity index (χ3v) is 3.35. The number of carbonyl (C=O) groups is 2. The van der Waals surface area contributed by atoms with E-state index in [1.165, 1.54) is 0 Å². The van der Waals surface area contributed by atoms with Crippen molar-refractivity contribution in [2.75, 3.05) is 6.61 Å². The highest BCUT2D eigenvalue weighted by Gasteiger charge is 2.59. The molecule has 0 radical (unpaired) electrons. The van der Waals surface area contributed by atoms with E-state index in [0.717, 1.165) is 0 Å². The number of rotatable bonds is 5. The van der Waals surface area contributed by atoms with E-state index in [-0.39, 0.29) is 23.1 Å². The Morgan fingerprint density at radius 2 is 1.76 bits per heavy atom. The van der Waals surface area contributed by atoms with Gasteiger partial charge in [0, 0.05) is 6.42 Å². The Kier molecular flexibility index (Phi) is 4.00. The van der Waals surface area contributed by atoms with Gasteiger partial charge in [-0.2, -0.15) is 0 Å². The van der Waals surface area contributed by atoms with Crippen molar-refractivity contribution in [2.24, 2.45) is 16.7 Å². The molecule has 3 heteroatoms. The highest BCUT2D eigenvalue weighted by atomic mass is 16.5. The van der Waals surface area contributed by atoms with Crippen LogP contribution in [0.1, 0.15) is 53.9 Å². The molecule has 1 rings (SSSR count). The van der Waals surface area contributed by atoms with Crippen LogP contribution in [-0.2, 0) is 14.3 Å². The molecule has 0 atom stereocenters. The number of Topliss-reactive ketones (excluding diaryl/α,β-unsaturated/α-hetero) is 1. The Bertz CT molecular complexity index is 307. The molecule has 17 heavy (non-hydrogen) atoms. The molecule has 98 valence electrons. The van der Waals surface area contributed by atoms with E-state index in [4.69, 9.17) is 4.74 Å². The van der Waals surface area contributed by atoms with Crippen LogP contribution in [0.15, 0.2) is 0 Å². The van der Waals surface area contributed by atoms with Crippen molar-refractivity contribution in [3.05, 3.63) is 0 Å². The minimum atomic E-state index is -0.843. The molecule has 0 aromatic rings. The average molecular weight is 240 g/mol. The normalized spacial score (nSPS) is 20.8. The summed E-state index contributed by atoms with van der Waals surface area (Å²) in [5.74, 6) is 0.0350. The lowest BCUT2D eigenvalue weighted by atomic mass is 9.52. The molecule has 1 aliphatic rings. The fourth-order valence-electron chi connectivity index (χ4n) is 2.87. The summed E-state index contributed by atoms with van der Waals surface area (Å²) in [6.07, 6.45) is 1.73. The summed E-state index contributed by atoms with van der Waals surface area (Å²) >= 11 is 0. The Balaban J connectivity index is 2.82. The fraction of sp³-hybridized carbons (Fsp3) is 0.857. The van der Waals surface area contributed by atoms with Gasteiger partial charge in [0.25, 0.3) is 0 Å². The first kappa shape index (κ1) is 14.2. The summed E-state index contributed by atoms with van der Waals surface area (Å²) in [4.78, 5) is 24.3. The Hall–Kier alpha value is -0.860.